The number of nitrogens with zero attached hydrogens (tertiary/aromatic N) is 3. The largest absolute Gasteiger partial charge is 0.454 e. The Morgan fingerprint density at radius 2 is 1.52 bits per heavy atom. The zero-order valence-electron chi connectivity index (χ0n) is 17.3. The van der Waals surface area contributed by atoms with Crippen LogP contribution in [0.5, 0.6) is 0 Å². The van der Waals surface area contributed by atoms with E-state index in [-0.39, 0.29) is 0 Å². The lowest BCUT2D eigenvalue weighted by Crippen LogP contribution is -2.36. The van der Waals surface area contributed by atoms with Gasteiger partial charge in [0.05, 0.1) is 11.4 Å². The van der Waals surface area contributed by atoms with Crippen LogP contribution in [0.3, 0.4) is 0 Å². The van der Waals surface area contributed by atoms with Crippen molar-refractivity contribution in [1.82, 2.24) is 0 Å². The predicted octanol–water partition coefficient (Wildman–Crippen LogP) is 6.14. The van der Waals surface area contributed by atoms with Crippen molar-refractivity contribution < 1.29 is 27.5 Å². The lowest BCUT2D eigenvalue weighted by molar-refractivity contribution is -0.143. The van der Waals surface area contributed by atoms with E-state index in [0.29, 0.717) is 23.5 Å². The van der Waals surface area contributed by atoms with Crippen molar-refractivity contribution in [2.24, 2.45) is 10.2 Å². The molecule has 0 heterocycles. The molecule has 0 amide bonds. The van der Waals surface area contributed by atoms with Gasteiger partial charge in [-0.3, -0.25) is 4.79 Å². The molecule has 0 spiro atoms. The minimum atomic E-state index is -4.92. The Labute approximate surface area is 178 Å². The number of halogens is 3. The number of azo groups is 1. The summed E-state index contributed by atoms with van der Waals surface area (Å²) >= 11 is 0. The zero-order chi connectivity index (χ0) is 23.2. The van der Waals surface area contributed by atoms with E-state index in [1.165, 1.54) is 12.1 Å². The van der Waals surface area contributed by atoms with E-state index in [4.69, 9.17) is 4.74 Å². The molecule has 0 aromatic heterocycles. The third-order valence-electron chi connectivity index (χ3n) is 4.25. The molecular weight excluding hydrogens is 411 g/mol. The highest BCUT2D eigenvalue weighted by atomic mass is 19.4. The van der Waals surface area contributed by atoms with Gasteiger partial charge in [-0.15, -0.1) is 0 Å². The van der Waals surface area contributed by atoms with E-state index >= 15 is 0 Å². The molecule has 1 atom stereocenters. The van der Waals surface area contributed by atoms with Crippen LogP contribution in [-0.2, 0) is 9.53 Å². The van der Waals surface area contributed by atoms with Gasteiger partial charge in [-0.05, 0) is 69.3 Å². The molecule has 0 aliphatic carbocycles. The fourth-order valence-electron chi connectivity index (χ4n) is 2.64. The Morgan fingerprint density at radius 1 is 1.03 bits per heavy atom. The first-order valence-corrected chi connectivity index (χ1v) is 9.39. The first-order chi connectivity index (χ1) is 14.5. The van der Waals surface area contributed by atoms with Gasteiger partial charge in [0.2, 0.25) is 0 Å². The fraction of sp³-hybridized carbons (Fsp3) is 0.273. The Morgan fingerprint density at radius 3 is 1.94 bits per heavy atom. The summed E-state index contributed by atoms with van der Waals surface area (Å²) in [7, 11) is 0. The molecule has 0 aliphatic heterocycles. The van der Waals surface area contributed by atoms with Gasteiger partial charge < -0.3 is 9.64 Å². The van der Waals surface area contributed by atoms with Gasteiger partial charge in [0.1, 0.15) is 0 Å². The maximum absolute atomic E-state index is 12.4. The molecule has 0 fully saturated rings. The van der Waals surface area contributed by atoms with Crippen LogP contribution in [0.1, 0.15) is 31.1 Å². The van der Waals surface area contributed by atoms with Crippen molar-refractivity contribution in [3.63, 3.8) is 0 Å². The summed E-state index contributed by atoms with van der Waals surface area (Å²) in [6.45, 7) is 9.41. The number of esters is 1. The van der Waals surface area contributed by atoms with Crippen LogP contribution in [0.25, 0.3) is 0 Å². The van der Waals surface area contributed by atoms with Crippen molar-refractivity contribution in [2.45, 2.75) is 33.2 Å². The first kappa shape index (κ1) is 23.8. The van der Waals surface area contributed by atoms with Crippen molar-refractivity contribution in [2.75, 3.05) is 11.4 Å². The van der Waals surface area contributed by atoms with E-state index in [2.05, 4.69) is 16.8 Å². The number of hydrogen-bond acceptors (Lipinski definition) is 6. The van der Waals surface area contributed by atoms with Crippen LogP contribution in [0.2, 0.25) is 0 Å². The Kier molecular flexibility index (Phi) is 7.68. The Bertz CT molecular complexity index is 968. The fourth-order valence-corrected chi connectivity index (χ4v) is 2.64. The molecule has 2 aromatic rings. The van der Waals surface area contributed by atoms with Crippen molar-refractivity contribution in [3.8, 4) is 0 Å². The summed E-state index contributed by atoms with van der Waals surface area (Å²) in [6, 6.07) is 11.7. The van der Waals surface area contributed by atoms with Crippen molar-refractivity contribution in [1.29, 1.82) is 0 Å². The van der Waals surface area contributed by atoms with E-state index in [0.717, 1.165) is 17.8 Å². The number of carbonyl (C=O) groups excluding carboxylic acids is 2. The summed E-state index contributed by atoms with van der Waals surface area (Å²) in [5, 5.41) is 8.01. The number of hydrogen-bond donors (Lipinski definition) is 0. The molecule has 164 valence electrons. The van der Waals surface area contributed by atoms with E-state index in [9.17, 15) is 22.8 Å². The second-order valence-electron chi connectivity index (χ2n) is 6.66. The molecule has 2 aromatic carbocycles. The molecule has 0 aliphatic rings. The average molecular weight is 433 g/mol. The van der Waals surface area contributed by atoms with Gasteiger partial charge >= 0.3 is 12.1 Å². The van der Waals surface area contributed by atoms with Gasteiger partial charge in [0, 0.05) is 23.4 Å². The second-order valence-corrected chi connectivity index (χ2v) is 6.66. The van der Waals surface area contributed by atoms with Gasteiger partial charge in [0.25, 0.3) is 5.78 Å². The summed E-state index contributed by atoms with van der Waals surface area (Å²) in [4.78, 5) is 24.8. The highest BCUT2D eigenvalue weighted by Crippen LogP contribution is 2.26. The summed E-state index contributed by atoms with van der Waals surface area (Å²) < 4.78 is 42.7. The number of anilines is 1. The number of rotatable bonds is 8. The average Bonchev–Trinajstić information content (AvgIpc) is 2.72. The lowest BCUT2D eigenvalue weighted by Gasteiger charge is -2.29. The van der Waals surface area contributed by atoms with Gasteiger partial charge in [0.15, 0.2) is 6.23 Å². The SMILES string of the molecule is C=C(C)C(=O)OC(C)N(CC)c1ccc(N=Nc2ccc(C(=O)C(F)(F)F)cc2)cc1. The van der Waals surface area contributed by atoms with Gasteiger partial charge in [-0.2, -0.15) is 23.4 Å². The van der Waals surface area contributed by atoms with Crippen LogP contribution in [0.4, 0.5) is 30.2 Å². The molecule has 0 N–H and O–H groups in total. The smallest absolute Gasteiger partial charge is 0.439 e. The molecular formula is C22H22F3N3O3. The highest BCUT2D eigenvalue weighted by Gasteiger charge is 2.39. The quantitative estimate of drug-likeness (QED) is 0.165. The van der Waals surface area contributed by atoms with Crippen LogP contribution in [-0.4, -0.2) is 30.7 Å². The first-order valence-electron chi connectivity index (χ1n) is 9.39. The number of benzene rings is 2. The maximum Gasteiger partial charge on any atom is 0.454 e. The summed E-state index contributed by atoms with van der Waals surface area (Å²) in [5.41, 5.74) is 1.48. The minimum absolute atomic E-state index is 0.304. The zero-order valence-corrected chi connectivity index (χ0v) is 17.3. The number of Topliss-reactive ketones (excluding diaryl/α,β-unsaturated/α-hetero) is 1. The van der Waals surface area contributed by atoms with E-state index in [1.807, 2.05) is 11.8 Å². The number of ether oxygens (including phenoxy) is 1. The molecule has 0 saturated heterocycles. The number of alkyl halides is 3. The number of carbonyl (C=O) groups is 2. The molecule has 6 nitrogen and oxygen atoms in total. The molecule has 31 heavy (non-hydrogen) atoms. The monoisotopic (exact) mass is 433 g/mol. The molecule has 0 radical (unpaired) electrons. The molecule has 1 unspecified atom stereocenters. The minimum Gasteiger partial charge on any atom is -0.439 e. The van der Waals surface area contributed by atoms with E-state index in [1.54, 1.807) is 38.1 Å². The third-order valence-corrected chi connectivity index (χ3v) is 4.25. The maximum atomic E-state index is 12.4. The lowest BCUT2D eigenvalue weighted by atomic mass is 10.1. The summed E-state index contributed by atoms with van der Waals surface area (Å²) in [5.74, 6) is -2.38. The highest BCUT2D eigenvalue weighted by molar-refractivity contribution is 6.00. The normalized spacial score (nSPS) is 12.5. The van der Waals surface area contributed by atoms with Gasteiger partial charge in [-0.1, -0.05) is 6.58 Å². The topological polar surface area (TPSA) is 71.3 Å². The van der Waals surface area contributed by atoms with Crippen LogP contribution < -0.4 is 4.90 Å². The summed E-state index contributed by atoms with van der Waals surface area (Å²) in [6.07, 6.45) is -5.42. The van der Waals surface area contributed by atoms with Gasteiger partial charge in [-0.25, -0.2) is 4.79 Å². The van der Waals surface area contributed by atoms with Crippen molar-refractivity contribution in [3.05, 3.63) is 66.2 Å². The Balaban J connectivity index is 2.07. The number of ketones is 1. The Hall–Kier alpha value is -3.49. The molecule has 0 saturated carbocycles. The predicted molar refractivity (Wildman–Crippen MR) is 111 cm³/mol. The molecule has 0 bridgehead atoms. The second kappa shape index (κ2) is 10.0. The standard InChI is InChI=1S/C22H22F3N3O3/c1-5-28(15(4)31-21(30)14(2)3)19-12-10-18(11-13-19)27-26-17-8-6-16(7-9-17)20(29)22(23,24)25/h6-13,15H,2,5H2,1,3-4H3. The van der Waals surface area contributed by atoms with Crippen molar-refractivity contribution >= 4 is 28.8 Å². The molecule has 9 heteroatoms. The molecule has 2 rings (SSSR count). The van der Waals surface area contributed by atoms with Crippen LogP contribution >= 0.6 is 0 Å². The van der Waals surface area contributed by atoms with E-state index < -0.39 is 29.7 Å². The van der Waals surface area contributed by atoms with Crippen LogP contribution in [0, 0.1) is 0 Å². The third kappa shape index (κ3) is 6.50. The van der Waals surface area contributed by atoms with Crippen LogP contribution in [0.15, 0.2) is 70.9 Å².